The van der Waals surface area contributed by atoms with Crippen LogP contribution in [0.3, 0.4) is 0 Å². The number of aliphatic imine (C=N–C) groups is 1. The summed E-state index contributed by atoms with van der Waals surface area (Å²) < 4.78 is 16.1. The number of methoxy groups -OCH3 is 3. The van der Waals surface area contributed by atoms with Gasteiger partial charge in [-0.2, -0.15) is 0 Å². The summed E-state index contributed by atoms with van der Waals surface area (Å²) in [6.07, 6.45) is 7.14. The fraction of sp³-hybridized carbons (Fsp3) is 0.696. The predicted molar refractivity (Wildman–Crippen MR) is 137 cm³/mol. The first-order valence-corrected chi connectivity index (χ1v) is 11.1. The second-order valence-electron chi connectivity index (χ2n) is 8.50. The molecule has 1 aliphatic heterocycles. The minimum atomic E-state index is 0. The molecule has 0 radical (unpaired) electrons. The summed E-state index contributed by atoms with van der Waals surface area (Å²) in [5.74, 6) is 2.57. The highest BCUT2D eigenvalue weighted by molar-refractivity contribution is 14.0. The van der Waals surface area contributed by atoms with Crippen LogP contribution >= 0.6 is 24.0 Å². The molecule has 1 aromatic rings. The van der Waals surface area contributed by atoms with Crippen molar-refractivity contribution >= 4 is 35.6 Å². The molecule has 0 atom stereocenters. The van der Waals surface area contributed by atoms with Gasteiger partial charge in [0.15, 0.2) is 5.96 Å². The number of piperidine rings is 1. The first-order chi connectivity index (χ1) is 14.6. The number of hydrogen-bond acceptors (Lipinski definition) is 5. The van der Waals surface area contributed by atoms with E-state index in [-0.39, 0.29) is 24.0 Å². The maximum absolute atomic E-state index is 5.42. The molecule has 7 nitrogen and oxygen atoms in total. The molecule has 0 spiro atoms. The molecular formula is C23H39IN4O3. The average Bonchev–Trinajstić information content (AvgIpc) is 2.77. The summed E-state index contributed by atoms with van der Waals surface area (Å²) in [4.78, 5) is 6.86. The van der Waals surface area contributed by atoms with Crippen LogP contribution in [0.5, 0.6) is 11.5 Å². The smallest absolute Gasteiger partial charge is 0.191 e. The minimum Gasteiger partial charge on any atom is -0.497 e. The molecule has 2 fully saturated rings. The van der Waals surface area contributed by atoms with Gasteiger partial charge in [-0.25, -0.2) is 0 Å². The number of hydrogen-bond donors (Lipinski definition) is 2. The predicted octanol–water partition coefficient (Wildman–Crippen LogP) is 3.66. The maximum atomic E-state index is 5.42. The average molecular weight is 546 g/mol. The molecule has 3 rings (SSSR count). The van der Waals surface area contributed by atoms with Crippen molar-refractivity contribution in [2.24, 2.45) is 10.4 Å². The van der Waals surface area contributed by atoms with Gasteiger partial charge < -0.3 is 29.7 Å². The second-order valence-corrected chi connectivity index (χ2v) is 8.50. The summed E-state index contributed by atoms with van der Waals surface area (Å²) in [6, 6.07) is 6.50. The molecule has 176 valence electrons. The van der Waals surface area contributed by atoms with E-state index in [2.05, 4.69) is 32.7 Å². The van der Waals surface area contributed by atoms with E-state index in [1.54, 1.807) is 21.3 Å². The van der Waals surface area contributed by atoms with E-state index < -0.39 is 0 Å². The van der Waals surface area contributed by atoms with Crippen molar-refractivity contribution in [3.63, 3.8) is 0 Å². The molecular weight excluding hydrogens is 507 g/mol. The number of guanidine groups is 1. The van der Waals surface area contributed by atoms with Gasteiger partial charge in [0.05, 0.1) is 14.2 Å². The summed E-state index contributed by atoms with van der Waals surface area (Å²) in [7, 11) is 7.02. The normalized spacial score (nSPS) is 18.6. The van der Waals surface area contributed by atoms with Gasteiger partial charge in [-0.3, -0.25) is 4.99 Å². The number of benzene rings is 1. The van der Waals surface area contributed by atoms with Crippen LogP contribution in [0.15, 0.2) is 23.2 Å². The number of anilines is 1. The zero-order chi connectivity index (χ0) is 21.4. The molecule has 1 saturated heterocycles. The van der Waals surface area contributed by atoms with Crippen LogP contribution in [-0.2, 0) is 4.74 Å². The molecule has 2 N–H and O–H groups in total. The third-order valence-corrected chi connectivity index (χ3v) is 6.64. The SMILES string of the molecule is CN=C(NCC1(CCOC)CCC1)NC1CCN(c2cc(OC)cc(OC)c2)CC1.I. The molecule has 0 amide bonds. The quantitative estimate of drug-likeness (QED) is 0.280. The number of halogens is 1. The summed E-state index contributed by atoms with van der Waals surface area (Å²) >= 11 is 0. The van der Waals surface area contributed by atoms with Crippen molar-refractivity contribution in [3.8, 4) is 11.5 Å². The Balaban J connectivity index is 0.00000341. The Kier molecular flexibility index (Phi) is 10.5. The van der Waals surface area contributed by atoms with Crippen molar-refractivity contribution in [2.45, 2.75) is 44.6 Å². The fourth-order valence-electron chi connectivity index (χ4n) is 4.43. The number of rotatable bonds is 9. The fourth-order valence-corrected chi connectivity index (χ4v) is 4.43. The Labute approximate surface area is 204 Å². The molecule has 0 aromatic heterocycles. The Morgan fingerprint density at radius 2 is 1.74 bits per heavy atom. The van der Waals surface area contributed by atoms with Crippen molar-refractivity contribution in [2.75, 3.05) is 59.5 Å². The lowest BCUT2D eigenvalue weighted by Crippen LogP contribution is -2.51. The molecule has 1 aromatic carbocycles. The molecule has 0 bridgehead atoms. The topological polar surface area (TPSA) is 67.4 Å². The lowest BCUT2D eigenvalue weighted by molar-refractivity contribution is 0.0732. The Morgan fingerprint density at radius 3 is 2.23 bits per heavy atom. The highest BCUT2D eigenvalue weighted by Gasteiger charge is 2.36. The van der Waals surface area contributed by atoms with Gasteiger partial charge in [-0.05, 0) is 37.5 Å². The van der Waals surface area contributed by atoms with E-state index in [0.717, 1.165) is 68.6 Å². The summed E-state index contributed by atoms with van der Waals surface area (Å²) in [6.45, 7) is 3.78. The third-order valence-electron chi connectivity index (χ3n) is 6.64. The van der Waals surface area contributed by atoms with Gasteiger partial charge in [-0.15, -0.1) is 24.0 Å². The molecule has 1 aliphatic carbocycles. The zero-order valence-corrected chi connectivity index (χ0v) is 21.7. The van der Waals surface area contributed by atoms with Crippen molar-refractivity contribution in [1.82, 2.24) is 10.6 Å². The van der Waals surface area contributed by atoms with E-state index in [4.69, 9.17) is 14.2 Å². The van der Waals surface area contributed by atoms with Crippen LogP contribution in [0.25, 0.3) is 0 Å². The summed E-state index contributed by atoms with van der Waals surface area (Å²) in [5, 5.41) is 7.21. The van der Waals surface area contributed by atoms with Crippen LogP contribution < -0.4 is 25.0 Å². The monoisotopic (exact) mass is 546 g/mol. The van der Waals surface area contributed by atoms with Gasteiger partial charge in [-0.1, -0.05) is 6.42 Å². The Morgan fingerprint density at radius 1 is 1.10 bits per heavy atom. The zero-order valence-electron chi connectivity index (χ0n) is 19.4. The first kappa shape index (κ1) is 25.8. The Bertz CT molecular complexity index is 682. The highest BCUT2D eigenvalue weighted by Crippen LogP contribution is 2.43. The van der Waals surface area contributed by atoms with Crippen LogP contribution in [0, 0.1) is 5.41 Å². The molecule has 1 heterocycles. The first-order valence-electron chi connectivity index (χ1n) is 11.1. The number of nitrogens with zero attached hydrogens (tertiary/aromatic N) is 2. The van der Waals surface area contributed by atoms with Crippen LogP contribution in [0.4, 0.5) is 5.69 Å². The van der Waals surface area contributed by atoms with Crippen LogP contribution in [0.1, 0.15) is 38.5 Å². The molecule has 8 heteroatoms. The van der Waals surface area contributed by atoms with E-state index >= 15 is 0 Å². The van der Waals surface area contributed by atoms with Gasteiger partial charge in [0.2, 0.25) is 0 Å². The van der Waals surface area contributed by atoms with E-state index in [9.17, 15) is 0 Å². The van der Waals surface area contributed by atoms with Crippen molar-refractivity contribution < 1.29 is 14.2 Å². The summed E-state index contributed by atoms with van der Waals surface area (Å²) in [5.41, 5.74) is 1.53. The molecule has 31 heavy (non-hydrogen) atoms. The lowest BCUT2D eigenvalue weighted by atomic mass is 9.67. The lowest BCUT2D eigenvalue weighted by Gasteiger charge is -2.42. The highest BCUT2D eigenvalue weighted by atomic mass is 127. The van der Waals surface area contributed by atoms with Gasteiger partial charge >= 0.3 is 0 Å². The van der Waals surface area contributed by atoms with Crippen molar-refractivity contribution in [3.05, 3.63) is 18.2 Å². The third kappa shape index (κ3) is 7.03. The number of nitrogens with one attached hydrogen (secondary N) is 2. The van der Waals surface area contributed by atoms with E-state index in [1.807, 2.05) is 13.1 Å². The van der Waals surface area contributed by atoms with E-state index in [0.29, 0.717) is 11.5 Å². The largest absolute Gasteiger partial charge is 0.497 e. The molecule has 2 aliphatic rings. The van der Waals surface area contributed by atoms with Gasteiger partial charge in [0.1, 0.15) is 11.5 Å². The minimum absolute atomic E-state index is 0. The molecule has 0 unspecified atom stereocenters. The van der Waals surface area contributed by atoms with Crippen molar-refractivity contribution in [1.29, 1.82) is 0 Å². The Hall–Kier alpha value is -1.42. The maximum Gasteiger partial charge on any atom is 0.191 e. The van der Waals surface area contributed by atoms with Crippen LogP contribution in [0.2, 0.25) is 0 Å². The van der Waals surface area contributed by atoms with Gasteiger partial charge in [0.25, 0.3) is 0 Å². The van der Waals surface area contributed by atoms with Gasteiger partial charge in [0, 0.05) is 70.3 Å². The standard InChI is InChI=1S/C23H38N4O3.HI/c1-24-22(25-17-23(8-5-9-23)10-13-28-2)26-18-6-11-27(12-7-18)19-14-20(29-3)16-21(15-19)30-4;/h14-16,18H,5-13,17H2,1-4H3,(H2,24,25,26);1H. The van der Waals surface area contributed by atoms with Crippen LogP contribution in [-0.4, -0.2) is 66.6 Å². The number of ether oxygens (including phenoxy) is 3. The second kappa shape index (κ2) is 12.6. The molecule has 1 saturated carbocycles. The van der Waals surface area contributed by atoms with E-state index in [1.165, 1.54) is 19.3 Å².